The Kier molecular flexibility index (Phi) is 4.07. The van der Waals surface area contributed by atoms with Crippen molar-refractivity contribution in [3.05, 3.63) is 23.4 Å². The number of sulfonamides is 1. The van der Waals surface area contributed by atoms with E-state index in [2.05, 4.69) is 10.2 Å². The third kappa shape index (κ3) is 3.49. The number of hydrogen-bond donors (Lipinski definition) is 1. The Morgan fingerprint density at radius 2 is 2.33 bits per heavy atom. The van der Waals surface area contributed by atoms with Gasteiger partial charge in [0.15, 0.2) is 0 Å². The lowest BCUT2D eigenvalue weighted by molar-refractivity contribution is 0.203. The van der Waals surface area contributed by atoms with Gasteiger partial charge in [0.25, 0.3) is 5.89 Å². The predicted octanol–water partition coefficient (Wildman–Crippen LogP) is 1.05. The molecule has 1 saturated heterocycles. The van der Waals surface area contributed by atoms with Crippen LogP contribution in [0.15, 0.2) is 21.9 Å². The summed E-state index contributed by atoms with van der Waals surface area (Å²) in [5.41, 5.74) is 0. The summed E-state index contributed by atoms with van der Waals surface area (Å²) in [4.78, 5) is 2.92. The highest BCUT2D eigenvalue weighted by Gasteiger charge is 2.28. The molecule has 0 aromatic carbocycles. The SMILES string of the molecule is NS(=O)(=O)[C@H]1CCCN(Cc2nnc(-c3cccs3)o2)C1. The highest BCUT2D eigenvalue weighted by Crippen LogP contribution is 2.24. The van der Waals surface area contributed by atoms with Gasteiger partial charge in [0.1, 0.15) is 0 Å². The van der Waals surface area contributed by atoms with E-state index in [1.54, 1.807) is 0 Å². The van der Waals surface area contributed by atoms with Gasteiger partial charge in [-0.3, -0.25) is 4.90 Å². The van der Waals surface area contributed by atoms with E-state index in [-0.39, 0.29) is 0 Å². The smallest absolute Gasteiger partial charge is 0.257 e. The van der Waals surface area contributed by atoms with Crippen LogP contribution < -0.4 is 5.14 Å². The Morgan fingerprint density at radius 3 is 3.05 bits per heavy atom. The van der Waals surface area contributed by atoms with Crippen molar-refractivity contribution in [3.63, 3.8) is 0 Å². The molecule has 7 nitrogen and oxygen atoms in total. The zero-order valence-electron chi connectivity index (χ0n) is 11.3. The molecule has 0 bridgehead atoms. The van der Waals surface area contributed by atoms with Gasteiger partial charge in [0.2, 0.25) is 15.9 Å². The molecule has 0 radical (unpaired) electrons. The average molecular weight is 328 g/mol. The molecule has 1 fully saturated rings. The number of rotatable bonds is 4. The minimum Gasteiger partial charge on any atom is -0.419 e. The normalized spacial score (nSPS) is 20.7. The van der Waals surface area contributed by atoms with E-state index >= 15 is 0 Å². The lowest BCUT2D eigenvalue weighted by Crippen LogP contribution is -2.44. The molecule has 114 valence electrons. The highest BCUT2D eigenvalue weighted by molar-refractivity contribution is 7.89. The summed E-state index contributed by atoms with van der Waals surface area (Å²) in [7, 11) is -3.49. The first-order chi connectivity index (χ1) is 10.0. The second-order valence-corrected chi connectivity index (χ2v) is 7.86. The number of nitrogens with two attached hydrogens (primary N) is 1. The number of likely N-dealkylation sites (tertiary alicyclic amines) is 1. The predicted molar refractivity (Wildman–Crippen MR) is 79.0 cm³/mol. The van der Waals surface area contributed by atoms with Gasteiger partial charge in [-0.15, -0.1) is 21.5 Å². The molecular formula is C12H16N4O3S2. The van der Waals surface area contributed by atoms with Crippen LogP contribution >= 0.6 is 11.3 Å². The van der Waals surface area contributed by atoms with Crippen molar-refractivity contribution in [2.45, 2.75) is 24.6 Å². The van der Waals surface area contributed by atoms with E-state index in [0.717, 1.165) is 17.8 Å². The number of aromatic nitrogens is 2. The number of primary sulfonamides is 1. The largest absolute Gasteiger partial charge is 0.419 e. The fourth-order valence-electron chi connectivity index (χ4n) is 2.43. The Hall–Kier alpha value is -1.29. The van der Waals surface area contributed by atoms with E-state index in [1.165, 1.54) is 11.3 Å². The van der Waals surface area contributed by atoms with Crippen LogP contribution in [-0.4, -0.2) is 41.9 Å². The van der Waals surface area contributed by atoms with Crippen molar-refractivity contribution >= 4 is 21.4 Å². The number of nitrogens with zero attached hydrogens (tertiary/aromatic N) is 3. The summed E-state index contributed by atoms with van der Waals surface area (Å²) in [5.74, 6) is 0.994. The zero-order chi connectivity index (χ0) is 14.9. The van der Waals surface area contributed by atoms with Crippen LogP contribution in [0.3, 0.4) is 0 Å². The molecule has 0 aliphatic carbocycles. The molecule has 0 spiro atoms. The maximum Gasteiger partial charge on any atom is 0.257 e. The minimum absolute atomic E-state index is 0.412. The van der Waals surface area contributed by atoms with Crippen LogP contribution in [0.4, 0.5) is 0 Å². The summed E-state index contributed by atoms with van der Waals surface area (Å²) >= 11 is 1.53. The maximum absolute atomic E-state index is 11.4. The quantitative estimate of drug-likeness (QED) is 0.900. The van der Waals surface area contributed by atoms with Crippen molar-refractivity contribution in [1.82, 2.24) is 15.1 Å². The third-order valence-electron chi connectivity index (χ3n) is 3.48. The van der Waals surface area contributed by atoms with Crippen molar-refractivity contribution in [3.8, 4) is 10.8 Å². The van der Waals surface area contributed by atoms with Crippen LogP contribution in [0.25, 0.3) is 10.8 Å². The molecule has 0 unspecified atom stereocenters. The molecule has 1 aliphatic rings. The van der Waals surface area contributed by atoms with E-state index in [0.29, 0.717) is 31.3 Å². The van der Waals surface area contributed by atoms with Crippen LogP contribution in [0.2, 0.25) is 0 Å². The van der Waals surface area contributed by atoms with Gasteiger partial charge >= 0.3 is 0 Å². The van der Waals surface area contributed by atoms with Gasteiger partial charge in [-0.05, 0) is 30.8 Å². The van der Waals surface area contributed by atoms with E-state index < -0.39 is 15.3 Å². The van der Waals surface area contributed by atoms with Gasteiger partial charge in [-0.1, -0.05) is 6.07 Å². The summed E-state index contributed by atoms with van der Waals surface area (Å²) in [6.45, 7) is 1.67. The van der Waals surface area contributed by atoms with Crippen LogP contribution in [-0.2, 0) is 16.6 Å². The molecule has 2 aromatic heterocycles. The molecule has 1 atom stereocenters. The van der Waals surface area contributed by atoms with Crippen LogP contribution in [0, 0.1) is 0 Å². The van der Waals surface area contributed by atoms with Crippen molar-refractivity contribution in [2.75, 3.05) is 13.1 Å². The first kappa shape index (κ1) is 14.6. The molecule has 0 amide bonds. The second kappa shape index (κ2) is 5.84. The number of hydrogen-bond acceptors (Lipinski definition) is 7. The van der Waals surface area contributed by atoms with Crippen molar-refractivity contribution in [1.29, 1.82) is 0 Å². The van der Waals surface area contributed by atoms with E-state index in [4.69, 9.17) is 9.56 Å². The molecule has 2 aromatic rings. The molecule has 1 aliphatic heterocycles. The highest BCUT2D eigenvalue weighted by atomic mass is 32.2. The molecule has 3 heterocycles. The lowest BCUT2D eigenvalue weighted by atomic mass is 10.1. The lowest BCUT2D eigenvalue weighted by Gasteiger charge is -2.30. The van der Waals surface area contributed by atoms with Gasteiger partial charge in [-0.2, -0.15) is 0 Å². The molecular weight excluding hydrogens is 312 g/mol. The van der Waals surface area contributed by atoms with Gasteiger partial charge in [0, 0.05) is 6.54 Å². The topological polar surface area (TPSA) is 102 Å². The molecule has 0 saturated carbocycles. The number of piperidine rings is 1. The molecule has 9 heteroatoms. The monoisotopic (exact) mass is 328 g/mol. The zero-order valence-corrected chi connectivity index (χ0v) is 12.9. The van der Waals surface area contributed by atoms with Crippen LogP contribution in [0.5, 0.6) is 0 Å². The fourth-order valence-corrected chi connectivity index (χ4v) is 3.99. The van der Waals surface area contributed by atoms with Crippen molar-refractivity contribution in [2.24, 2.45) is 5.14 Å². The second-order valence-electron chi connectivity index (χ2n) is 5.07. The summed E-state index contributed by atoms with van der Waals surface area (Å²) in [6.07, 6.45) is 1.41. The maximum atomic E-state index is 11.4. The average Bonchev–Trinajstić information content (AvgIpc) is 3.08. The molecule has 21 heavy (non-hydrogen) atoms. The third-order valence-corrected chi connectivity index (χ3v) is 5.66. The molecule has 3 rings (SSSR count). The summed E-state index contributed by atoms with van der Waals surface area (Å²) < 4.78 is 28.5. The first-order valence-corrected chi connectivity index (χ1v) is 9.11. The van der Waals surface area contributed by atoms with Crippen molar-refractivity contribution < 1.29 is 12.8 Å². The van der Waals surface area contributed by atoms with Gasteiger partial charge in [0.05, 0.1) is 16.7 Å². The van der Waals surface area contributed by atoms with Gasteiger partial charge in [-0.25, -0.2) is 13.6 Å². The Labute approximate surface area is 126 Å². The first-order valence-electron chi connectivity index (χ1n) is 6.62. The van der Waals surface area contributed by atoms with Gasteiger partial charge < -0.3 is 4.42 Å². The van der Waals surface area contributed by atoms with E-state index in [9.17, 15) is 8.42 Å². The summed E-state index contributed by atoms with van der Waals surface area (Å²) in [6, 6.07) is 3.84. The standard InChI is InChI=1S/C12H16N4O3S2/c13-21(17,18)9-3-1-5-16(7-9)8-11-14-15-12(19-11)10-4-2-6-20-10/h2,4,6,9H,1,3,5,7-8H2,(H2,13,17,18)/t9-/m0/s1. The Balaban J connectivity index is 1.67. The summed E-state index contributed by atoms with van der Waals surface area (Å²) in [5, 5.41) is 14.7. The van der Waals surface area contributed by atoms with E-state index in [1.807, 2.05) is 22.4 Å². The number of thiophene rings is 1. The Bertz CT molecular complexity index is 696. The fraction of sp³-hybridized carbons (Fsp3) is 0.500. The van der Waals surface area contributed by atoms with Crippen LogP contribution in [0.1, 0.15) is 18.7 Å². The molecule has 2 N–H and O–H groups in total. The minimum atomic E-state index is -3.49. The Morgan fingerprint density at radius 1 is 1.48 bits per heavy atom.